The zero-order valence-corrected chi connectivity index (χ0v) is 15.0. The number of rotatable bonds is 5. The zero-order valence-electron chi connectivity index (χ0n) is 14.2. The fourth-order valence-corrected chi connectivity index (χ4v) is 4.78. The summed E-state index contributed by atoms with van der Waals surface area (Å²) in [5.41, 5.74) is 2.42. The third-order valence-corrected chi connectivity index (χ3v) is 5.95. The van der Waals surface area contributed by atoms with Crippen molar-refractivity contribution in [3.05, 3.63) is 33.5 Å². The quantitative estimate of drug-likeness (QED) is 0.834. The molecule has 0 radical (unpaired) electrons. The van der Waals surface area contributed by atoms with Crippen molar-refractivity contribution in [3.63, 3.8) is 0 Å². The Hall–Kier alpha value is -1.53. The summed E-state index contributed by atoms with van der Waals surface area (Å²) in [4.78, 5) is 17.3. The van der Waals surface area contributed by atoms with Crippen LogP contribution in [0.1, 0.15) is 40.4 Å². The molecule has 2 aliphatic rings. The number of aromatic nitrogens is 3. The monoisotopic (exact) mass is 344 g/mol. The first-order valence-corrected chi connectivity index (χ1v) is 9.69. The first kappa shape index (κ1) is 16.0. The highest BCUT2D eigenvalue weighted by Crippen LogP contribution is 2.29. The minimum absolute atomic E-state index is 0.495. The predicted octanol–water partition coefficient (Wildman–Crippen LogP) is 3.02. The molecular weight excluding hydrogens is 320 g/mol. The van der Waals surface area contributed by atoms with Crippen LogP contribution in [0.2, 0.25) is 0 Å². The highest BCUT2D eigenvalue weighted by atomic mass is 32.1. The van der Waals surface area contributed by atoms with Crippen molar-refractivity contribution in [1.29, 1.82) is 0 Å². The van der Waals surface area contributed by atoms with Crippen molar-refractivity contribution < 1.29 is 4.74 Å². The smallest absolute Gasteiger partial charge is 0.316 e. The lowest BCUT2D eigenvalue weighted by Gasteiger charge is -2.31. The molecule has 1 fully saturated rings. The van der Waals surface area contributed by atoms with Gasteiger partial charge >= 0.3 is 6.01 Å². The second kappa shape index (κ2) is 7.15. The lowest BCUT2D eigenvalue weighted by molar-refractivity contribution is 0.120. The Morgan fingerprint density at radius 1 is 1.25 bits per heavy atom. The number of likely N-dealkylation sites (tertiary alicyclic amines) is 1. The Balaban J connectivity index is 1.29. The standard InChI is InChI=1S/C18H24N4OS/c1-13-8-19-18(20-9-13)23-12-14-4-3-7-22(10-14)11-17-21-15-5-2-6-16(15)24-17/h8-9,14H,2-7,10-12H2,1H3. The summed E-state index contributed by atoms with van der Waals surface area (Å²) in [6.07, 6.45) is 9.76. The van der Waals surface area contributed by atoms with Crippen LogP contribution in [0.25, 0.3) is 0 Å². The van der Waals surface area contributed by atoms with Gasteiger partial charge in [0.1, 0.15) is 5.01 Å². The molecule has 0 aromatic carbocycles. The van der Waals surface area contributed by atoms with Gasteiger partial charge in [-0.3, -0.25) is 4.90 Å². The summed E-state index contributed by atoms with van der Waals surface area (Å²) in [6, 6.07) is 0.495. The Kier molecular flexibility index (Phi) is 4.76. The summed E-state index contributed by atoms with van der Waals surface area (Å²) < 4.78 is 5.79. The van der Waals surface area contributed by atoms with Gasteiger partial charge in [-0.15, -0.1) is 11.3 Å². The molecule has 2 aromatic rings. The zero-order chi connectivity index (χ0) is 16.4. The van der Waals surface area contributed by atoms with Crippen LogP contribution < -0.4 is 4.74 Å². The molecule has 1 saturated heterocycles. The molecule has 0 spiro atoms. The summed E-state index contributed by atoms with van der Waals surface area (Å²) in [5, 5.41) is 1.29. The third-order valence-electron chi connectivity index (χ3n) is 4.81. The lowest BCUT2D eigenvalue weighted by Crippen LogP contribution is -2.37. The number of ether oxygens (including phenoxy) is 1. The minimum Gasteiger partial charge on any atom is -0.463 e. The van der Waals surface area contributed by atoms with E-state index in [4.69, 9.17) is 9.72 Å². The molecule has 0 N–H and O–H groups in total. The molecule has 0 bridgehead atoms. The van der Waals surface area contributed by atoms with Crippen LogP contribution >= 0.6 is 11.3 Å². The molecule has 24 heavy (non-hydrogen) atoms. The molecule has 1 unspecified atom stereocenters. The Morgan fingerprint density at radius 2 is 2.12 bits per heavy atom. The van der Waals surface area contributed by atoms with Crippen LogP contribution in [0.3, 0.4) is 0 Å². The van der Waals surface area contributed by atoms with Crippen molar-refractivity contribution in [2.75, 3.05) is 19.7 Å². The first-order chi connectivity index (χ1) is 11.8. The van der Waals surface area contributed by atoms with Gasteiger partial charge in [-0.1, -0.05) is 0 Å². The van der Waals surface area contributed by atoms with Gasteiger partial charge in [-0.2, -0.15) is 0 Å². The highest BCUT2D eigenvalue weighted by Gasteiger charge is 2.23. The molecule has 2 aromatic heterocycles. The fraction of sp³-hybridized carbons (Fsp3) is 0.611. The van der Waals surface area contributed by atoms with Crippen molar-refractivity contribution in [2.45, 2.75) is 45.6 Å². The molecule has 4 rings (SSSR count). The maximum absolute atomic E-state index is 5.79. The summed E-state index contributed by atoms with van der Waals surface area (Å²) >= 11 is 1.92. The Labute approximate surface area is 147 Å². The van der Waals surface area contributed by atoms with Gasteiger partial charge in [0.05, 0.1) is 18.8 Å². The largest absolute Gasteiger partial charge is 0.463 e. The van der Waals surface area contributed by atoms with E-state index in [9.17, 15) is 0 Å². The van der Waals surface area contributed by atoms with Crippen LogP contribution in [-0.2, 0) is 19.4 Å². The second-order valence-electron chi connectivity index (χ2n) is 6.93. The number of fused-ring (bicyclic) bond motifs is 1. The summed E-state index contributed by atoms with van der Waals surface area (Å²) in [5.74, 6) is 0.551. The van der Waals surface area contributed by atoms with E-state index in [1.165, 1.54) is 54.2 Å². The maximum atomic E-state index is 5.79. The van der Waals surface area contributed by atoms with Crippen molar-refractivity contribution in [2.24, 2.45) is 5.92 Å². The van der Waals surface area contributed by atoms with E-state index in [1.54, 1.807) is 12.4 Å². The molecule has 128 valence electrons. The molecule has 1 atom stereocenters. The lowest BCUT2D eigenvalue weighted by atomic mass is 9.99. The third kappa shape index (κ3) is 3.75. The summed E-state index contributed by atoms with van der Waals surface area (Å²) in [7, 11) is 0. The van der Waals surface area contributed by atoms with Crippen molar-refractivity contribution >= 4 is 11.3 Å². The Morgan fingerprint density at radius 3 is 2.96 bits per heavy atom. The van der Waals surface area contributed by atoms with Gasteiger partial charge in [0.25, 0.3) is 0 Å². The van der Waals surface area contributed by atoms with E-state index in [0.717, 1.165) is 18.7 Å². The SMILES string of the molecule is Cc1cnc(OCC2CCCN(Cc3nc4c(s3)CCC4)C2)nc1. The molecule has 3 heterocycles. The van der Waals surface area contributed by atoms with Gasteiger partial charge in [-0.05, 0) is 51.1 Å². The Bertz CT molecular complexity index is 663. The summed E-state index contributed by atoms with van der Waals surface area (Å²) in [6.45, 7) is 5.93. The van der Waals surface area contributed by atoms with E-state index in [2.05, 4.69) is 14.9 Å². The van der Waals surface area contributed by atoms with Crippen LogP contribution in [0.4, 0.5) is 0 Å². The van der Waals surface area contributed by atoms with Gasteiger partial charge in [-0.25, -0.2) is 15.0 Å². The number of piperidine rings is 1. The van der Waals surface area contributed by atoms with E-state index in [0.29, 0.717) is 18.5 Å². The van der Waals surface area contributed by atoms with Gasteiger partial charge in [0, 0.05) is 29.7 Å². The minimum atomic E-state index is 0.495. The van der Waals surface area contributed by atoms with Crippen molar-refractivity contribution in [3.8, 4) is 6.01 Å². The topological polar surface area (TPSA) is 51.1 Å². The van der Waals surface area contributed by atoms with Gasteiger partial charge < -0.3 is 4.74 Å². The van der Waals surface area contributed by atoms with Crippen LogP contribution in [0.5, 0.6) is 6.01 Å². The number of aryl methyl sites for hydroxylation is 3. The molecule has 0 saturated carbocycles. The number of thiazole rings is 1. The molecule has 5 nitrogen and oxygen atoms in total. The molecule has 1 aliphatic carbocycles. The molecule has 1 aliphatic heterocycles. The predicted molar refractivity (Wildman–Crippen MR) is 94.4 cm³/mol. The molecule has 6 heteroatoms. The molecule has 0 amide bonds. The van der Waals surface area contributed by atoms with E-state index < -0.39 is 0 Å². The highest BCUT2D eigenvalue weighted by molar-refractivity contribution is 7.11. The second-order valence-corrected chi connectivity index (χ2v) is 8.10. The van der Waals surface area contributed by atoms with E-state index in [-0.39, 0.29) is 0 Å². The van der Waals surface area contributed by atoms with Gasteiger partial charge in [0.15, 0.2) is 0 Å². The number of hydrogen-bond acceptors (Lipinski definition) is 6. The van der Waals surface area contributed by atoms with Crippen LogP contribution in [-0.4, -0.2) is 39.5 Å². The van der Waals surface area contributed by atoms with E-state index in [1.807, 2.05) is 18.3 Å². The molecular formula is C18H24N4OS. The maximum Gasteiger partial charge on any atom is 0.316 e. The average molecular weight is 344 g/mol. The van der Waals surface area contributed by atoms with Crippen LogP contribution in [0.15, 0.2) is 12.4 Å². The average Bonchev–Trinajstić information content (AvgIpc) is 3.16. The number of hydrogen-bond donors (Lipinski definition) is 0. The fourth-order valence-electron chi connectivity index (χ4n) is 3.58. The van der Waals surface area contributed by atoms with Crippen molar-refractivity contribution in [1.82, 2.24) is 19.9 Å². The van der Waals surface area contributed by atoms with Gasteiger partial charge in [0.2, 0.25) is 0 Å². The van der Waals surface area contributed by atoms with Crippen LogP contribution in [0, 0.1) is 12.8 Å². The normalized spacial score (nSPS) is 21.0. The van der Waals surface area contributed by atoms with E-state index >= 15 is 0 Å². The number of nitrogens with zero attached hydrogens (tertiary/aromatic N) is 4. The first-order valence-electron chi connectivity index (χ1n) is 8.87.